The quantitative estimate of drug-likeness (QED) is 0.766. The van der Waals surface area contributed by atoms with Crippen LogP contribution in [0, 0.1) is 5.82 Å². The number of ether oxygens (including phenoxy) is 1. The number of nitrogens with zero attached hydrogens (tertiary/aromatic N) is 3. The molecule has 0 saturated carbocycles. The molecule has 1 fully saturated rings. The molecule has 2 aromatic carbocycles. The van der Waals surface area contributed by atoms with Gasteiger partial charge in [-0.05, 0) is 42.8 Å². The normalized spacial score (nSPS) is 22.2. The number of hydrogen-bond donors (Lipinski definition) is 0. The highest BCUT2D eigenvalue weighted by molar-refractivity contribution is 6.31. The molecule has 0 spiro atoms. The average molecular weight is 418 g/mol. The Morgan fingerprint density at radius 3 is 2.66 bits per heavy atom. The Kier molecular flexibility index (Phi) is 5.65. The Bertz CT molecular complexity index is 892. The van der Waals surface area contributed by atoms with Gasteiger partial charge in [0.2, 0.25) is 0 Å². The smallest absolute Gasteiger partial charge is 0.265 e. The van der Waals surface area contributed by atoms with E-state index < -0.39 is 6.10 Å². The molecule has 154 valence electrons. The lowest BCUT2D eigenvalue weighted by atomic mass is 10.1. The molecule has 2 aromatic rings. The number of carbonyl (C=O) groups excluding carboxylic acids is 1. The fourth-order valence-corrected chi connectivity index (χ4v) is 4.26. The second-order valence-corrected chi connectivity index (χ2v) is 8.28. The van der Waals surface area contributed by atoms with Crippen LogP contribution in [0.3, 0.4) is 0 Å². The summed E-state index contributed by atoms with van der Waals surface area (Å²) < 4.78 is 19.1. The lowest BCUT2D eigenvalue weighted by Gasteiger charge is -2.42. The summed E-state index contributed by atoms with van der Waals surface area (Å²) in [6, 6.07) is 12.1. The molecule has 0 bridgehead atoms. The summed E-state index contributed by atoms with van der Waals surface area (Å²) >= 11 is 6.08. The molecule has 2 heterocycles. The van der Waals surface area contributed by atoms with Crippen molar-refractivity contribution in [3.8, 4) is 5.75 Å². The van der Waals surface area contributed by atoms with Gasteiger partial charge in [0.05, 0.1) is 12.2 Å². The number of hydrogen-bond acceptors (Lipinski definition) is 4. The van der Waals surface area contributed by atoms with Gasteiger partial charge >= 0.3 is 0 Å². The van der Waals surface area contributed by atoms with E-state index in [2.05, 4.69) is 11.8 Å². The van der Waals surface area contributed by atoms with E-state index in [1.807, 2.05) is 41.1 Å². The van der Waals surface area contributed by atoms with E-state index in [0.717, 1.165) is 30.9 Å². The number of fused-ring (bicyclic) bond motifs is 1. The van der Waals surface area contributed by atoms with E-state index in [1.165, 1.54) is 12.1 Å². The summed E-state index contributed by atoms with van der Waals surface area (Å²) in [4.78, 5) is 19.4. The molecular formula is C22H25ClFN3O2. The van der Waals surface area contributed by atoms with Crippen molar-refractivity contribution in [2.75, 3.05) is 38.1 Å². The maximum atomic E-state index is 13.2. The number of piperazine rings is 1. The summed E-state index contributed by atoms with van der Waals surface area (Å²) in [7, 11) is 1.95. The number of likely N-dealkylation sites (N-methyl/N-ethyl adjacent to an activating group) is 1. The monoisotopic (exact) mass is 417 g/mol. The van der Waals surface area contributed by atoms with Crippen molar-refractivity contribution in [3.05, 3.63) is 58.9 Å². The minimum absolute atomic E-state index is 0.0198. The third-order valence-electron chi connectivity index (χ3n) is 5.63. The van der Waals surface area contributed by atoms with Crippen LogP contribution < -0.4 is 9.64 Å². The predicted octanol–water partition coefficient (Wildman–Crippen LogP) is 3.41. The molecule has 0 aromatic heterocycles. The van der Waals surface area contributed by atoms with E-state index in [-0.39, 0.29) is 17.8 Å². The number of carbonyl (C=O) groups is 1. The van der Waals surface area contributed by atoms with E-state index in [1.54, 1.807) is 6.07 Å². The number of anilines is 1. The zero-order valence-electron chi connectivity index (χ0n) is 16.6. The highest BCUT2D eigenvalue weighted by Crippen LogP contribution is 2.35. The Labute approximate surface area is 175 Å². The first-order chi connectivity index (χ1) is 13.9. The van der Waals surface area contributed by atoms with Gasteiger partial charge in [0.15, 0.2) is 6.10 Å². The van der Waals surface area contributed by atoms with Gasteiger partial charge < -0.3 is 14.5 Å². The van der Waals surface area contributed by atoms with E-state index in [0.29, 0.717) is 23.9 Å². The second kappa shape index (κ2) is 8.20. The predicted molar refractivity (Wildman–Crippen MR) is 112 cm³/mol. The molecule has 1 saturated heterocycles. The van der Waals surface area contributed by atoms with Crippen molar-refractivity contribution in [1.82, 2.24) is 9.80 Å². The van der Waals surface area contributed by atoms with Crippen molar-refractivity contribution in [1.29, 1.82) is 0 Å². The zero-order valence-corrected chi connectivity index (χ0v) is 17.4. The second-order valence-electron chi connectivity index (χ2n) is 7.84. The van der Waals surface area contributed by atoms with Crippen molar-refractivity contribution < 1.29 is 13.9 Å². The third kappa shape index (κ3) is 4.33. The van der Waals surface area contributed by atoms with Gasteiger partial charge in [0, 0.05) is 44.3 Å². The largest absolute Gasteiger partial charge is 0.477 e. The topological polar surface area (TPSA) is 36.0 Å². The van der Waals surface area contributed by atoms with Crippen LogP contribution in [0.1, 0.15) is 12.5 Å². The van der Waals surface area contributed by atoms with Crippen molar-refractivity contribution in [2.45, 2.75) is 25.6 Å². The van der Waals surface area contributed by atoms with Crippen LogP contribution >= 0.6 is 11.6 Å². The molecule has 1 amide bonds. The molecule has 0 aliphatic carbocycles. The summed E-state index contributed by atoms with van der Waals surface area (Å²) in [5.74, 6) is 0.481. The summed E-state index contributed by atoms with van der Waals surface area (Å²) in [5.41, 5.74) is 1.98. The van der Waals surface area contributed by atoms with Gasteiger partial charge in [-0.25, -0.2) is 4.39 Å². The first kappa shape index (κ1) is 20.0. The molecule has 0 radical (unpaired) electrons. The van der Waals surface area contributed by atoms with Crippen molar-refractivity contribution >= 4 is 23.2 Å². The molecular weight excluding hydrogens is 393 g/mol. The Hall–Kier alpha value is -2.31. The van der Waals surface area contributed by atoms with Crippen LogP contribution in [-0.4, -0.2) is 61.1 Å². The van der Waals surface area contributed by atoms with Gasteiger partial charge in [0.25, 0.3) is 5.91 Å². The van der Waals surface area contributed by atoms with E-state index in [9.17, 15) is 9.18 Å². The van der Waals surface area contributed by atoms with Crippen LogP contribution in [0.15, 0.2) is 42.5 Å². The van der Waals surface area contributed by atoms with Gasteiger partial charge in [-0.3, -0.25) is 9.69 Å². The number of rotatable bonds is 3. The first-order valence-electron chi connectivity index (χ1n) is 9.85. The van der Waals surface area contributed by atoms with Crippen molar-refractivity contribution in [3.63, 3.8) is 0 Å². The number of halogens is 2. The van der Waals surface area contributed by atoms with Crippen LogP contribution in [0.25, 0.3) is 0 Å². The van der Waals surface area contributed by atoms with E-state index in [4.69, 9.17) is 16.3 Å². The lowest BCUT2D eigenvalue weighted by Crippen LogP contribution is -2.58. The Morgan fingerprint density at radius 1 is 1.17 bits per heavy atom. The molecule has 1 unspecified atom stereocenters. The molecule has 5 nitrogen and oxygen atoms in total. The maximum absolute atomic E-state index is 13.2. The minimum Gasteiger partial charge on any atom is -0.477 e. The summed E-state index contributed by atoms with van der Waals surface area (Å²) in [6.07, 6.45) is -0.528. The summed E-state index contributed by atoms with van der Waals surface area (Å²) in [6.45, 7) is 5.52. The number of benzene rings is 2. The SMILES string of the molecule is C[C@@H]1CN(Cc2ccc(F)cc2)CCN1C(=O)C1CN(C)c2cc(Cl)ccc2O1. The van der Waals surface area contributed by atoms with Gasteiger partial charge in [-0.1, -0.05) is 23.7 Å². The standard InChI is InChI=1S/C22H25ClFN3O2/c1-15-12-26(13-16-3-6-18(24)7-4-16)9-10-27(15)22(28)21-14-25(2)19-11-17(23)5-8-20(19)29-21/h3-8,11,15,21H,9-10,12-14H2,1-2H3/t15-,21?/m1/s1. The van der Waals surface area contributed by atoms with Gasteiger partial charge in [-0.15, -0.1) is 0 Å². The first-order valence-corrected chi connectivity index (χ1v) is 10.2. The molecule has 2 aliphatic rings. The molecule has 29 heavy (non-hydrogen) atoms. The molecule has 4 rings (SSSR count). The van der Waals surface area contributed by atoms with Crippen LogP contribution in [-0.2, 0) is 11.3 Å². The van der Waals surface area contributed by atoms with Gasteiger partial charge in [-0.2, -0.15) is 0 Å². The number of amides is 1. The highest BCUT2D eigenvalue weighted by atomic mass is 35.5. The molecule has 7 heteroatoms. The van der Waals surface area contributed by atoms with Crippen molar-refractivity contribution in [2.24, 2.45) is 0 Å². The molecule has 0 N–H and O–H groups in total. The average Bonchev–Trinajstić information content (AvgIpc) is 2.70. The molecule has 2 atom stereocenters. The highest BCUT2D eigenvalue weighted by Gasteiger charge is 2.36. The Morgan fingerprint density at radius 2 is 1.93 bits per heavy atom. The fraction of sp³-hybridized carbons (Fsp3) is 0.409. The summed E-state index contributed by atoms with van der Waals surface area (Å²) in [5, 5.41) is 0.648. The third-order valence-corrected chi connectivity index (χ3v) is 5.87. The fourth-order valence-electron chi connectivity index (χ4n) is 4.09. The van der Waals surface area contributed by atoms with Crippen LogP contribution in [0.2, 0.25) is 5.02 Å². The maximum Gasteiger partial charge on any atom is 0.265 e. The zero-order chi connectivity index (χ0) is 20.5. The van der Waals surface area contributed by atoms with E-state index >= 15 is 0 Å². The van der Waals surface area contributed by atoms with Gasteiger partial charge in [0.1, 0.15) is 11.6 Å². The lowest BCUT2D eigenvalue weighted by molar-refractivity contribution is -0.143. The van der Waals surface area contributed by atoms with Crippen LogP contribution in [0.5, 0.6) is 5.75 Å². The minimum atomic E-state index is -0.528. The van der Waals surface area contributed by atoms with Crippen LogP contribution in [0.4, 0.5) is 10.1 Å². The molecule has 2 aliphatic heterocycles. The Balaban J connectivity index is 1.39.